The van der Waals surface area contributed by atoms with Gasteiger partial charge in [-0.25, -0.2) is 0 Å². The van der Waals surface area contributed by atoms with Crippen LogP contribution in [0.25, 0.3) is 6.08 Å². The lowest BCUT2D eigenvalue weighted by molar-refractivity contribution is 0.0970. The lowest BCUT2D eigenvalue weighted by Gasteiger charge is -2.01. The molecule has 2 aromatic carbocycles. The van der Waals surface area contributed by atoms with Gasteiger partial charge in [-0.2, -0.15) is 0 Å². The molecule has 0 aliphatic heterocycles. The van der Waals surface area contributed by atoms with Crippen LogP contribution in [0.1, 0.15) is 15.9 Å². The number of amides is 1. The SMILES string of the molecule is COc1cccc(C=CNC(=O)c2ccccc2)c1. The molecule has 1 amide bonds. The smallest absolute Gasteiger partial charge is 0.255 e. The number of methoxy groups -OCH3 is 1. The quantitative estimate of drug-likeness (QED) is 0.909. The third-order valence-electron chi connectivity index (χ3n) is 2.62. The van der Waals surface area contributed by atoms with E-state index >= 15 is 0 Å². The predicted octanol–water partition coefficient (Wildman–Crippen LogP) is 3.10. The molecule has 96 valence electrons. The summed E-state index contributed by atoms with van der Waals surface area (Å²) < 4.78 is 5.13. The molecule has 19 heavy (non-hydrogen) atoms. The summed E-state index contributed by atoms with van der Waals surface area (Å²) >= 11 is 0. The van der Waals surface area contributed by atoms with E-state index in [4.69, 9.17) is 4.74 Å². The number of ether oxygens (including phenoxy) is 1. The predicted molar refractivity (Wildman–Crippen MR) is 75.9 cm³/mol. The van der Waals surface area contributed by atoms with Gasteiger partial charge in [-0.1, -0.05) is 30.3 Å². The lowest BCUT2D eigenvalue weighted by atomic mass is 10.2. The standard InChI is InChI=1S/C16H15NO2/c1-19-15-9-5-6-13(12-15)10-11-17-16(18)14-7-3-2-4-8-14/h2-12H,1H3,(H,17,18). The van der Waals surface area contributed by atoms with Crippen LogP contribution in [0.5, 0.6) is 5.75 Å². The molecule has 0 saturated carbocycles. The van der Waals surface area contributed by atoms with E-state index in [9.17, 15) is 4.79 Å². The Kier molecular flexibility index (Phi) is 4.34. The van der Waals surface area contributed by atoms with Crippen LogP contribution in [-0.2, 0) is 0 Å². The molecular weight excluding hydrogens is 238 g/mol. The average molecular weight is 253 g/mol. The van der Waals surface area contributed by atoms with Gasteiger partial charge in [0, 0.05) is 11.8 Å². The number of nitrogens with one attached hydrogen (secondary N) is 1. The second-order valence-corrected chi connectivity index (χ2v) is 3.95. The van der Waals surface area contributed by atoms with Crippen LogP contribution < -0.4 is 10.1 Å². The summed E-state index contributed by atoms with van der Waals surface area (Å²) in [6.45, 7) is 0. The number of hydrogen-bond donors (Lipinski definition) is 1. The topological polar surface area (TPSA) is 38.3 Å². The number of rotatable bonds is 4. The molecule has 0 atom stereocenters. The molecule has 2 rings (SSSR count). The van der Waals surface area contributed by atoms with Crippen molar-refractivity contribution >= 4 is 12.0 Å². The summed E-state index contributed by atoms with van der Waals surface area (Å²) in [6.07, 6.45) is 3.45. The van der Waals surface area contributed by atoms with Gasteiger partial charge in [0.2, 0.25) is 0 Å². The molecule has 0 spiro atoms. The van der Waals surface area contributed by atoms with Gasteiger partial charge in [-0.15, -0.1) is 0 Å². The van der Waals surface area contributed by atoms with Crippen molar-refractivity contribution in [2.75, 3.05) is 7.11 Å². The van der Waals surface area contributed by atoms with Gasteiger partial charge in [-0.05, 0) is 35.9 Å². The van der Waals surface area contributed by atoms with E-state index in [2.05, 4.69) is 5.32 Å². The maximum absolute atomic E-state index is 11.8. The fraction of sp³-hybridized carbons (Fsp3) is 0.0625. The van der Waals surface area contributed by atoms with Crippen molar-refractivity contribution in [3.8, 4) is 5.75 Å². The van der Waals surface area contributed by atoms with Crippen LogP contribution in [0, 0.1) is 0 Å². The summed E-state index contributed by atoms with van der Waals surface area (Å²) in [4.78, 5) is 11.8. The zero-order valence-corrected chi connectivity index (χ0v) is 10.7. The Morgan fingerprint density at radius 3 is 2.63 bits per heavy atom. The lowest BCUT2D eigenvalue weighted by Crippen LogP contribution is -2.16. The molecule has 3 nitrogen and oxygen atoms in total. The summed E-state index contributed by atoms with van der Waals surface area (Å²) in [5.74, 6) is 0.663. The molecule has 3 heteroatoms. The molecule has 0 radical (unpaired) electrons. The molecule has 0 saturated heterocycles. The zero-order chi connectivity index (χ0) is 13.5. The van der Waals surface area contributed by atoms with Crippen LogP contribution in [0.2, 0.25) is 0 Å². The van der Waals surface area contributed by atoms with E-state index in [0.717, 1.165) is 11.3 Å². The minimum Gasteiger partial charge on any atom is -0.497 e. The largest absolute Gasteiger partial charge is 0.497 e. The molecule has 0 aromatic heterocycles. The van der Waals surface area contributed by atoms with Crippen molar-refractivity contribution in [2.24, 2.45) is 0 Å². The molecule has 0 bridgehead atoms. The summed E-state index contributed by atoms with van der Waals surface area (Å²) in [5.41, 5.74) is 1.60. The Bertz CT molecular complexity index is 576. The van der Waals surface area contributed by atoms with E-state index in [1.54, 1.807) is 25.4 Å². The van der Waals surface area contributed by atoms with Crippen LogP contribution in [-0.4, -0.2) is 13.0 Å². The first-order valence-electron chi connectivity index (χ1n) is 5.96. The molecule has 1 N–H and O–H groups in total. The first-order valence-corrected chi connectivity index (χ1v) is 5.96. The van der Waals surface area contributed by atoms with E-state index in [1.165, 1.54) is 0 Å². The van der Waals surface area contributed by atoms with E-state index in [0.29, 0.717) is 5.56 Å². The number of hydrogen-bond acceptors (Lipinski definition) is 2. The van der Waals surface area contributed by atoms with Crippen molar-refractivity contribution in [3.63, 3.8) is 0 Å². The second kappa shape index (κ2) is 6.40. The monoisotopic (exact) mass is 253 g/mol. The highest BCUT2D eigenvalue weighted by Crippen LogP contribution is 2.13. The molecule has 0 aliphatic carbocycles. The highest BCUT2D eigenvalue weighted by molar-refractivity contribution is 5.95. The van der Waals surface area contributed by atoms with E-state index in [1.807, 2.05) is 48.5 Å². The van der Waals surface area contributed by atoms with Crippen molar-refractivity contribution in [3.05, 3.63) is 71.9 Å². The van der Waals surface area contributed by atoms with Gasteiger partial charge in [0.05, 0.1) is 7.11 Å². The summed E-state index contributed by atoms with van der Waals surface area (Å²) in [6, 6.07) is 16.7. The third kappa shape index (κ3) is 3.71. The molecule has 0 fully saturated rings. The van der Waals surface area contributed by atoms with Gasteiger partial charge in [0.15, 0.2) is 0 Å². The van der Waals surface area contributed by atoms with Crippen LogP contribution >= 0.6 is 0 Å². The van der Waals surface area contributed by atoms with Gasteiger partial charge in [0.25, 0.3) is 5.91 Å². The first kappa shape index (κ1) is 12.9. The molecular formula is C16H15NO2. The number of carbonyl (C=O) groups is 1. The Morgan fingerprint density at radius 2 is 1.89 bits per heavy atom. The molecule has 0 heterocycles. The normalized spacial score (nSPS) is 10.4. The van der Waals surface area contributed by atoms with Crippen LogP contribution in [0.15, 0.2) is 60.8 Å². The number of benzene rings is 2. The zero-order valence-electron chi connectivity index (χ0n) is 10.7. The summed E-state index contributed by atoms with van der Waals surface area (Å²) in [5, 5.41) is 2.72. The van der Waals surface area contributed by atoms with Gasteiger partial charge in [0.1, 0.15) is 5.75 Å². The van der Waals surface area contributed by atoms with Crippen LogP contribution in [0.3, 0.4) is 0 Å². The second-order valence-electron chi connectivity index (χ2n) is 3.95. The van der Waals surface area contributed by atoms with Crippen molar-refractivity contribution in [2.45, 2.75) is 0 Å². The number of carbonyl (C=O) groups excluding carboxylic acids is 1. The maximum Gasteiger partial charge on any atom is 0.255 e. The van der Waals surface area contributed by atoms with E-state index < -0.39 is 0 Å². The van der Waals surface area contributed by atoms with E-state index in [-0.39, 0.29) is 5.91 Å². The average Bonchev–Trinajstić information content (AvgIpc) is 2.48. The Hall–Kier alpha value is -2.55. The van der Waals surface area contributed by atoms with Gasteiger partial charge < -0.3 is 10.1 Å². The van der Waals surface area contributed by atoms with Gasteiger partial charge in [-0.3, -0.25) is 4.79 Å². The Balaban J connectivity index is 1.98. The fourth-order valence-electron chi connectivity index (χ4n) is 1.63. The Morgan fingerprint density at radius 1 is 1.11 bits per heavy atom. The van der Waals surface area contributed by atoms with Crippen LogP contribution in [0.4, 0.5) is 0 Å². The van der Waals surface area contributed by atoms with Crippen molar-refractivity contribution in [1.29, 1.82) is 0 Å². The summed E-state index contributed by atoms with van der Waals surface area (Å²) in [7, 11) is 1.63. The third-order valence-corrected chi connectivity index (χ3v) is 2.62. The minimum absolute atomic E-state index is 0.125. The first-order chi connectivity index (χ1) is 9.29. The minimum atomic E-state index is -0.125. The Labute approximate surface area is 112 Å². The van der Waals surface area contributed by atoms with Crippen molar-refractivity contribution in [1.82, 2.24) is 5.32 Å². The molecule has 2 aromatic rings. The highest BCUT2D eigenvalue weighted by Gasteiger charge is 2.00. The molecule has 0 unspecified atom stereocenters. The molecule has 0 aliphatic rings. The maximum atomic E-state index is 11.8. The van der Waals surface area contributed by atoms with Gasteiger partial charge >= 0.3 is 0 Å². The van der Waals surface area contributed by atoms with Crippen molar-refractivity contribution < 1.29 is 9.53 Å². The fourth-order valence-corrected chi connectivity index (χ4v) is 1.63. The highest BCUT2D eigenvalue weighted by atomic mass is 16.5.